The van der Waals surface area contributed by atoms with Gasteiger partial charge in [-0.3, -0.25) is 9.59 Å². The van der Waals surface area contributed by atoms with Crippen LogP contribution in [0.4, 0.5) is 0 Å². The third-order valence-corrected chi connectivity index (χ3v) is 16.3. The van der Waals surface area contributed by atoms with Crippen LogP contribution in [0.2, 0.25) is 18.1 Å². The Morgan fingerprint density at radius 1 is 0.812 bits per heavy atom. The first-order valence-corrected chi connectivity index (χ1v) is 24.6. The van der Waals surface area contributed by atoms with Crippen LogP contribution in [-0.4, -0.2) is 115 Å². The minimum absolute atomic E-state index is 0.0105. The summed E-state index contributed by atoms with van der Waals surface area (Å²) in [7, 11) is -1.000. The van der Waals surface area contributed by atoms with Crippen LogP contribution in [0.3, 0.4) is 0 Å². The van der Waals surface area contributed by atoms with E-state index in [-0.39, 0.29) is 56.4 Å². The second kappa shape index (κ2) is 22.7. The minimum Gasteiger partial charge on any atom is -0.497 e. The largest absolute Gasteiger partial charge is 0.497 e. The fraction of sp³-hybridized carbons (Fsp3) is 0.565. The topological polar surface area (TPSA) is 199 Å². The number of amides is 2. The Kier molecular flexibility index (Phi) is 17.3. The standard InChI is InChI=1S/C46H63N5O12Si/c1-29(52)49-37-41(57-26-32-19-21-34(54-6)22-20-32)39(35(59-44(37)56-24-23-48-51-47)27-55-25-31-15-11-9-12-16-31)62-45-38(50-30(2)53)42(63-64(7,8)46(3,4)5)40-36(60-45)28-58-43(61-40)33-17-13-10-14-18-33/h9-22,35-45H,23-28H2,1-8H3,(H,49,52)(H,50,53)/t35-,36-,37-,38-,39-,40-,41-,42-,43?,44-,45+/m1/s1. The van der Waals surface area contributed by atoms with E-state index in [1.807, 2.05) is 84.9 Å². The highest BCUT2D eigenvalue weighted by Crippen LogP contribution is 2.43. The number of fused-ring (bicyclic) bond motifs is 1. The van der Waals surface area contributed by atoms with Crippen LogP contribution in [0.5, 0.6) is 5.75 Å². The first-order chi connectivity index (χ1) is 30.7. The number of nitrogens with one attached hydrogen (secondary N) is 2. The van der Waals surface area contributed by atoms with Crippen molar-refractivity contribution in [1.29, 1.82) is 0 Å². The van der Waals surface area contributed by atoms with Crippen LogP contribution >= 0.6 is 0 Å². The van der Waals surface area contributed by atoms with Crippen LogP contribution in [0, 0.1) is 0 Å². The Hall–Kier alpha value is -4.43. The highest BCUT2D eigenvalue weighted by Gasteiger charge is 2.57. The number of hydrogen-bond donors (Lipinski definition) is 2. The van der Waals surface area contributed by atoms with Gasteiger partial charge in [-0.25, -0.2) is 0 Å². The minimum atomic E-state index is -2.59. The average Bonchev–Trinajstić information content (AvgIpc) is 3.27. The number of azide groups is 1. The van der Waals surface area contributed by atoms with E-state index in [2.05, 4.69) is 54.5 Å². The number of hydrogen-bond acceptors (Lipinski definition) is 13. The van der Waals surface area contributed by atoms with Crippen LogP contribution in [0.25, 0.3) is 10.4 Å². The molecule has 64 heavy (non-hydrogen) atoms. The molecule has 18 heteroatoms. The fourth-order valence-electron chi connectivity index (χ4n) is 7.63. The molecule has 3 aromatic carbocycles. The summed E-state index contributed by atoms with van der Waals surface area (Å²) in [5.41, 5.74) is 11.6. The zero-order valence-corrected chi connectivity index (χ0v) is 38.9. The summed E-state index contributed by atoms with van der Waals surface area (Å²) in [6.07, 6.45) is -8.04. The summed E-state index contributed by atoms with van der Waals surface area (Å²) in [5, 5.41) is 9.50. The Balaban J connectivity index is 1.41. The second-order valence-corrected chi connectivity index (χ2v) is 22.4. The van der Waals surface area contributed by atoms with Crippen molar-refractivity contribution < 1.29 is 56.6 Å². The van der Waals surface area contributed by atoms with E-state index >= 15 is 0 Å². The molecule has 6 rings (SSSR count). The summed E-state index contributed by atoms with van der Waals surface area (Å²) in [5.74, 6) is -0.0445. The van der Waals surface area contributed by atoms with E-state index in [0.717, 1.165) is 16.7 Å². The molecule has 3 aliphatic heterocycles. The van der Waals surface area contributed by atoms with Crippen molar-refractivity contribution in [3.63, 3.8) is 0 Å². The molecule has 3 saturated heterocycles. The van der Waals surface area contributed by atoms with E-state index in [1.54, 1.807) is 7.11 Å². The fourth-order valence-corrected chi connectivity index (χ4v) is 8.95. The molecule has 0 aromatic heterocycles. The average molecular weight is 906 g/mol. The predicted octanol–water partition coefficient (Wildman–Crippen LogP) is 6.47. The molecular formula is C46H63N5O12Si. The second-order valence-electron chi connectivity index (χ2n) is 17.6. The van der Waals surface area contributed by atoms with Gasteiger partial charge < -0.3 is 57.7 Å². The summed E-state index contributed by atoms with van der Waals surface area (Å²) in [6.45, 7) is 14.0. The quantitative estimate of drug-likeness (QED) is 0.0438. The molecule has 348 valence electrons. The molecule has 0 saturated carbocycles. The molecule has 0 spiro atoms. The molecule has 3 aromatic rings. The number of benzene rings is 3. The third-order valence-electron chi connectivity index (χ3n) is 11.9. The normalized spacial score (nSPS) is 28.3. The Morgan fingerprint density at radius 3 is 2.08 bits per heavy atom. The van der Waals surface area contributed by atoms with Crippen molar-refractivity contribution in [2.24, 2.45) is 5.11 Å². The van der Waals surface area contributed by atoms with Gasteiger partial charge >= 0.3 is 0 Å². The molecule has 11 atom stereocenters. The lowest BCUT2D eigenvalue weighted by atomic mass is 9.93. The van der Waals surface area contributed by atoms with E-state index in [4.69, 9.17) is 52.6 Å². The van der Waals surface area contributed by atoms with Crippen LogP contribution in [0.1, 0.15) is 57.6 Å². The number of carbonyl (C=O) groups is 2. The van der Waals surface area contributed by atoms with Crippen molar-refractivity contribution in [2.45, 2.75) is 134 Å². The third kappa shape index (κ3) is 12.9. The number of carbonyl (C=O) groups excluding carboxylic acids is 2. The monoisotopic (exact) mass is 905 g/mol. The van der Waals surface area contributed by atoms with E-state index in [1.165, 1.54) is 13.8 Å². The summed E-state index contributed by atoms with van der Waals surface area (Å²) >= 11 is 0. The molecule has 3 fully saturated rings. The lowest BCUT2D eigenvalue weighted by Crippen LogP contribution is -2.71. The highest BCUT2D eigenvalue weighted by molar-refractivity contribution is 6.74. The first-order valence-electron chi connectivity index (χ1n) is 21.7. The maximum absolute atomic E-state index is 13.3. The first kappa shape index (κ1) is 49.0. The molecule has 2 N–H and O–H groups in total. The zero-order chi connectivity index (χ0) is 45.9. The van der Waals surface area contributed by atoms with Crippen LogP contribution in [0.15, 0.2) is 90.0 Å². The van der Waals surface area contributed by atoms with Crippen molar-refractivity contribution in [1.82, 2.24) is 10.6 Å². The molecular weight excluding hydrogens is 843 g/mol. The molecule has 0 bridgehead atoms. The number of ether oxygens (including phenoxy) is 9. The molecule has 0 radical (unpaired) electrons. The van der Waals surface area contributed by atoms with Gasteiger partial charge in [0.1, 0.15) is 48.4 Å². The number of rotatable bonds is 19. The number of methoxy groups -OCH3 is 1. The van der Waals surface area contributed by atoms with Gasteiger partial charge in [0.05, 0.1) is 46.2 Å². The Labute approximate surface area is 376 Å². The molecule has 0 aliphatic carbocycles. The van der Waals surface area contributed by atoms with Gasteiger partial charge in [-0.2, -0.15) is 0 Å². The maximum Gasteiger partial charge on any atom is 0.217 e. The molecule has 1 unspecified atom stereocenters. The molecule has 2 amide bonds. The lowest BCUT2D eigenvalue weighted by molar-refractivity contribution is -0.366. The van der Waals surface area contributed by atoms with Gasteiger partial charge in [0, 0.05) is 30.9 Å². The maximum atomic E-state index is 13.3. The zero-order valence-electron chi connectivity index (χ0n) is 37.9. The molecule has 17 nitrogen and oxygen atoms in total. The van der Waals surface area contributed by atoms with Crippen molar-refractivity contribution >= 4 is 20.1 Å². The lowest BCUT2D eigenvalue weighted by Gasteiger charge is -2.54. The van der Waals surface area contributed by atoms with Crippen molar-refractivity contribution in [3.8, 4) is 5.75 Å². The Morgan fingerprint density at radius 2 is 1.45 bits per heavy atom. The van der Waals surface area contributed by atoms with Crippen LogP contribution < -0.4 is 15.4 Å². The van der Waals surface area contributed by atoms with Gasteiger partial charge in [-0.15, -0.1) is 0 Å². The van der Waals surface area contributed by atoms with Gasteiger partial charge in [-0.1, -0.05) is 98.7 Å². The highest BCUT2D eigenvalue weighted by atomic mass is 28.4. The summed E-state index contributed by atoms with van der Waals surface area (Å²) in [6, 6.07) is 24.9. The summed E-state index contributed by atoms with van der Waals surface area (Å²) < 4.78 is 65.7. The van der Waals surface area contributed by atoms with Crippen molar-refractivity contribution in [2.75, 3.05) is 33.5 Å². The van der Waals surface area contributed by atoms with Crippen LogP contribution in [-0.2, 0) is 65.1 Å². The van der Waals surface area contributed by atoms with Crippen molar-refractivity contribution in [3.05, 3.63) is 112 Å². The molecule has 3 aliphatic rings. The molecule has 3 heterocycles. The predicted molar refractivity (Wildman–Crippen MR) is 237 cm³/mol. The van der Waals surface area contributed by atoms with E-state index in [9.17, 15) is 9.59 Å². The smallest absolute Gasteiger partial charge is 0.217 e. The van der Waals surface area contributed by atoms with Gasteiger partial charge in [0.15, 0.2) is 27.2 Å². The Bertz CT molecular complexity index is 1990. The summed E-state index contributed by atoms with van der Waals surface area (Å²) in [4.78, 5) is 29.1. The SMILES string of the molecule is COc1ccc(CO[C@@H]2[C@@H](NC(C)=O)[C@H](OCCN=[N+]=[N-])O[C@H](COCc3ccccc3)[C@H]2O[C@@H]2O[C@@H]3COC(c4ccccc4)O[C@H]3[C@H](O[Si](C)(C)C(C)(C)C)[C@H]2NC(C)=O)cc1. The van der Waals surface area contributed by atoms with Gasteiger partial charge in [-0.05, 0) is 46.9 Å². The van der Waals surface area contributed by atoms with Gasteiger partial charge in [0.25, 0.3) is 0 Å². The number of nitrogens with zero attached hydrogens (tertiary/aromatic N) is 3. The van der Waals surface area contributed by atoms with Gasteiger partial charge in [0.2, 0.25) is 11.8 Å². The van der Waals surface area contributed by atoms with E-state index < -0.39 is 75.9 Å². The van der Waals surface area contributed by atoms with E-state index in [0.29, 0.717) is 5.75 Å².